The lowest BCUT2D eigenvalue weighted by atomic mass is 10.2. The number of hydrogen-bond acceptors (Lipinski definition) is 4. The molecule has 2 N–H and O–H groups in total. The number of aromatic nitrogens is 1. The first-order valence-electron chi connectivity index (χ1n) is 6.02. The molecule has 2 atom stereocenters. The van der Waals surface area contributed by atoms with Gasteiger partial charge >= 0.3 is 0 Å². The highest BCUT2D eigenvalue weighted by atomic mass is 16.2. The minimum atomic E-state index is -0.0552. The maximum absolute atomic E-state index is 12.1. The molecule has 0 radical (unpaired) electrons. The summed E-state index contributed by atoms with van der Waals surface area (Å²) in [7, 11) is 0. The van der Waals surface area contributed by atoms with Gasteiger partial charge in [0.2, 0.25) is 5.91 Å². The number of carbonyl (C=O) groups is 1. The van der Waals surface area contributed by atoms with Gasteiger partial charge in [-0.3, -0.25) is 9.78 Å². The van der Waals surface area contributed by atoms with Crippen LogP contribution in [-0.2, 0) is 11.3 Å². The van der Waals surface area contributed by atoms with Gasteiger partial charge in [-0.25, -0.2) is 0 Å². The van der Waals surface area contributed by atoms with Crippen molar-refractivity contribution in [2.45, 2.75) is 25.4 Å². The predicted octanol–water partition coefficient (Wildman–Crippen LogP) is 0.671. The van der Waals surface area contributed by atoms with Gasteiger partial charge in [-0.1, -0.05) is 6.07 Å². The molecule has 1 aliphatic rings. The van der Waals surface area contributed by atoms with Gasteiger partial charge in [0.1, 0.15) is 0 Å². The zero-order chi connectivity index (χ0) is 13.0. The quantitative estimate of drug-likeness (QED) is 0.825. The van der Waals surface area contributed by atoms with Crippen molar-refractivity contribution in [3.63, 3.8) is 0 Å². The fourth-order valence-electron chi connectivity index (χ4n) is 1.90. The van der Waals surface area contributed by atoms with Gasteiger partial charge in [0.25, 0.3) is 0 Å². The maximum Gasteiger partial charge on any atom is 0.227 e. The molecule has 0 aliphatic heterocycles. The third kappa shape index (κ3) is 3.05. The Bertz CT molecular complexity index is 454. The van der Waals surface area contributed by atoms with E-state index in [1.54, 1.807) is 17.3 Å². The van der Waals surface area contributed by atoms with E-state index < -0.39 is 0 Å². The van der Waals surface area contributed by atoms with Crippen molar-refractivity contribution < 1.29 is 4.79 Å². The third-order valence-electron chi connectivity index (χ3n) is 3.06. The molecule has 2 rings (SSSR count). The third-order valence-corrected chi connectivity index (χ3v) is 3.06. The summed E-state index contributed by atoms with van der Waals surface area (Å²) in [4.78, 5) is 17.9. The molecular weight excluding hydrogens is 228 g/mol. The Morgan fingerprint density at radius 1 is 1.67 bits per heavy atom. The first kappa shape index (κ1) is 12.5. The minimum absolute atomic E-state index is 0.00372. The van der Waals surface area contributed by atoms with Crippen LogP contribution in [0.25, 0.3) is 0 Å². The van der Waals surface area contributed by atoms with Crippen molar-refractivity contribution >= 4 is 5.91 Å². The number of nitriles is 1. The van der Waals surface area contributed by atoms with Crippen molar-refractivity contribution in [1.29, 1.82) is 5.26 Å². The zero-order valence-corrected chi connectivity index (χ0v) is 10.1. The lowest BCUT2D eigenvalue weighted by Gasteiger charge is -2.21. The van der Waals surface area contributed by atoms with Crippen LogP contribution >= 0.6 is 0 Å². The first-order chi connectivity index (χ1) is 8.72. The van der Waals surface area contributed by atoms with E-state index in [2.05, 4.69) is 11.1 Å². The molecule has 5 nitrogen and oxygen atoms in total. The van der Waals surface area contributed by atoms with Gasteiger partial charge in [0, 0.05) is 31.5 Å². The van der Waals surface area contributed by atoms with Gasteiger partial charge in [-0.15, -0.1) is 0 Å². The Kier molecular flexibility index (Phi) is 3.90. The highest BCUT2D eigenvalue weighted by Gasteiger charge is 2.42. The molecule has 1 saturated carbocycles. The fraction of sp³-hybridized carbons (Fsp3) is 0.462. The molecule has 5 heteroatoms. The van der Waals surface area contributed by atoms with Crippen molar-refractivity contribution in [2.75, 3.05) is 6.54 Å². The minimum Gasteiger partial charge on any atom is -0.337 e. The zero-order valence-electron chi connectivity index (χ0n) is 10.1. The molecule has 1 fully saturated rings. The molecule has 0 spiro atoms. The second-order valence-electron chi connectivity index (χ2n) is 4.54. The Balaban J connectivity index is 2.01. The summed E-state index contributed by atoms with van der Waals surface area (Å²) in [6.45, 7) is 0.949. The number of hydrogen-bond donors (Lipinski definition) is 1. The summed E-state index contributed by atoms with van der Waals surface area (Å²) >= 11 is 0. The van der Waals surface area contributed by atoms with Crippen molar-refractivity contribution in [3.8, 4) is 6.07 Å². The number of nitrogens with zero attached hydrogens (tertiary/aromatic N) is 3. The van der Waals surface area contributed by atoms with Gasteiger partial charge in [-0.05, 0) is 18.1 Å². The number of nitrogens with two attached hydrogens (primary N) is 1. The number of amides is 1. The van der Waals surface area contributed by atoms with E-state index >= 15 is 0 Å². The molecular formula is C13H16N4O. The smallest absolute Gasteiger partial charge is 0.227 e. The van der Waals surface area contributed by atoms with E-state index in [1.807, 2.05) is 12.1 Å². The normalized spacial score (nSPS) is 21.1. The van der Waals surface area contributed by atoms with Gasteiger partial charge in [0.05, 0.1) is 18.4 Å². The Hall–Kier alpha value is -1.93. The van der Waals surface area contributed by atoms with Gasteiger partial charge < -0.3 is 10.6 Å². The summed E-state index contributed by atoms with van der Waals surface area (Å²) in [6.07, 6.45) is 4.53. The van der Waals surface area contributed by atoms with Crippen LogP contribution in [0.5, 0.6) is 0 Å². The number of pyridine rings is 1. The average molecular weight is 244 g/mol. The summed E-state index contributed by atoms with van der Waals surface area (Å²) < 4.78 is 0. The maximum atomic E-state index is 12.1. The molecule has 2 unspecified atom stereocenters. The summed E-state index contributed by atoms with van der Waals surface area (Å²) in [5.74, 6) is 0.00182. The highest BCUT2D eigenvalue weighted by Crippen LogP contribution is 2.30. The summed E-state index contributed by atoms with van der Waals surface area (Å²) in [6, 6.07) is 5.83. The molecule has 0 aromatic carbocycles. The van der Waals surface area contributed by atoms with E-state index in [0.29, 0.717) is 19.5 Å². The van der Waals surface area contributed by atoms with Crippen LogP contribution in [0.4, 0.5) is 0 Å². The molecule has 1 aliphatic carbocycles. The molecule has 1 aromatic heterocycles. The van der Waals surface area contributed by atoms with Gasteiger partial charge in [-0.2, -0.15) is 5.26 Å². The highest BCUT2D eigenvalue weighted by molar-refractivity contribution is 5.82. The van der Waals surface area contributed by atoms with E-state index in [4.69, 9.17) is 11.0 Å². The predicted molar refractivity (Wildman–Crippen MR) is 66.0 cm³/mol. The SMILES string of the molecule is N#CCCN(Cc1cccnc1)C(=O)C1CC1N. The molecule has 1 aromatic rings. The molecule has 94 valence electrons. The first-order valence-corrected chi connectivity index (χ1v) is 6.02. The van der Waals surface area contributed by atoms with Crippen LogP contribution in [0.1, 0.15) is 18.4 Å². The van der Waals surface area contributed by atoms with Crippen LogP contribution in [0, 0.1) is 17.2 Å². The Labute approximate surface area is 106 Å². The van der Waals surface area contributed by atoms with Crippen LogP contribution < -0.4 is 5.73 Å². The molecule has 0 saturated heterocycles. The van der Waals surface area contributed by atoms with Crippen LogP contribution in [0.2, 0.25) is 0 Å². The number of rotatable bonds is 5. The Morgan fingerprint density at radius 2 is 2.44 bits per heavy atom. The summed E-state index contributed by atoms with van der Waals surface area (Å²) in [5, 5.41) is 8.64. The standard InChI is InChI=1S/C13H16N4O/c14-4-2-6-17(13(18)11-7-12(11)15)9-10-3-1-5-16-8-10/h1,3,5,8,11-12H,2,6-7,9,15H2. The van der Waals surface area contributed by atoms with Crippen LogP contribution in [0.15, 0.2) is 24.5 Å². The van der Waals surface area contributed by atoms with Crippen molar-refractivity contribution in [3.05, 3.63) is 30.1 Å². The summed E-state index contributed by atoms with van der Waals surface area (Å²) in [5.41, 5.74) is 6.67. The molecule has 1 amide bonds. The van der Waals surface area contributed by atoms with E-state index in [1.165, 1.54) is 0 Å². The monoisotopic (exact) mass is 244 g/mol. The number of carbonyl (C=O) groups excluding carboxylic acids is 1. The van der Waals surface area contributed by atoms with E-state index in [-0.39, 0.29) is 17.9 Å². The van der Waals surface area contributed by atoms with Gasteiger partial charge in [0.15, 0.2) is 0 Å². The van der Waals surface area contributed by atoms with Crippen LogP contribution in [0.3, 0.4) is 0 Å². The lowest BCUT2D eigenvalue weighted by molar-refractivity contribution is -0.133. The molecule has 18 heavy (non-hydrogen) atoms. The fourth-order valence-corrected chi connectivity index (χ4v) is 1.90. The molecule has 1 heterocycles. The van der Waals surface area contributed by atoms with Crippen LogP contribution in [-0.4, -0.2) is 28.4 Å². The molecule has 0 bridgehead atoms. The second-order valence-corrected chi connectivity index (χ2v) is 4.54. The van der Waals surface area contributed by atoms with E-state index in [0.717, 1.165) is 12.0 Å². The largest absolute Gasteiger partial charge is 0.337 e. The lowest BCUT2D eigenvalue weighted by Crippen LogP contribution is -2.34. The van der Waals surface area contributed by atoms with Crippen molar-refractivity contribution in [1.82, 2.24) is 9.88 Å². The Morgan fingerprint density at radius 3 is 3.00 bits per heavy atom. The van der Waals surface area contributed by atoms with E-state index in [9.17, 15) is 4.79 Å². The second kappa shape index (κ2) is 5.61. The average Bonchev–Trinajstić information content (AvgIpc) is 3.12. The topological polar surface area (TPSA) is 83.0 Å². The van der Waals surface area contributed by atoms with Crippen molar-refractivity contribution in [2.24, 2.45) is 11.7 Å².